The van der Waals surface area contributed by atoms with E-state index in [1.54, 1.807) is 5.57 Å². The standard InChI is InChI=1S/C34H50NO4S/c1-4-5-6-7-8-9-10-24-12-18-30-29-17-11-25-23-28(19-21-34(25,3)31(29)20-22-33(24,30)2)40-32(36)39-27-15-13-26(14-16-27)35(37)38/h11,13-16,24,28-31,37H,4-10,12,17-23H2,1-3H3/q-1. The first-order chi connectivity index (χ1) is 19.2. The second-order valence-corrected chi connectivity index (χ2v) is 15.0. The van der Waals surface area contributed by atoms with Gasteiger partial charge in [-0.2, -0.15) is 0 Å². The number of rotatable bonds is 10. The summed E-state index contributed by atoms with van der Waals surface area (Å²) < 4.78 is 5.52. The Morgan fingerprint density at radius 3 is 2.52 bits per heavy atom. The van der Waals surface area contributed by atoms with Crippen molar-refractivity contribution in [2.45, 2.75) is 122 Å². The summed E-state index contributed by atoms with van der Waals surface area (Å²) in [4.78, 5) is 12.7. The maximum absolute atomic E-state index is 12.7. The first-order valence-corrected chi connectivity index (χ1v) is 17.0. The molecule has 0 aliphatic heterocycles. The van der Waals surface area contributed by atoms with E-state index in [-0.39, 0.29) is 26.9 Å². The number of hydrogen-bond donors (Lipinski definition) is 1. The molecule has 3 saturated carbocycles. The molecule has 7 atom stereocenters. The summed E-state index contributed by atoms with van der Waals surface area (Å²) in [5, 5.41) is 19.7. The number of allylic oxidation sites excluding steroid dienone is 2. The summed E-state index contributed by atoms with van der Waals surface area (Å²) >= 11 is 1.31. The second-order valence-electron chi connectivity index (χ2n) is 13.7. The fourth-order valence-corrected chi connectivity index (χ4v) is 10.3. The Hall–Kier alpha value is -1.50. The number of hydrogen-bond acceptors (Lipinski definition) is 6. The molecule has 5 nitrogen and oxygen atoms in total. The highest BCUT2D eigenvalue weighted by Crippen LogP contribution is 2.67. The first-order valence-electron chi connectivity index (χ1n) is 16.1. The van der Waals surface area contributed by atoms with Gasteiger partial charge in [0.05, 0.1) is 5.69 Å². The zero-order valence-electron chi connectivity index (χ0n) is 24.9. The number of benzene rings is 1. The third-order valence-electron chi connectivity index (χ3n) is 11.7. The number of ether oxygens (including phenoxy) is 1. The molecular formula is C34H50NO4S-. The van der Waals surface area contributed by atoms with Crippen molar-refractivity contribution in [3.8, 4) is 5.75 Å². The number of anilines is 1. The molecule has 0 saturated heterocycles. The predicted octanol–water partition coefficient (Wildman–Crippen LogP) is 10.3. The molecule has 0 radical (unpaired) electrons. The first kappa shape index (κ1) is 30.0. The Labute approximate surface area is 246 Å². The van der Waals surface area contributed by atoms with Crippen molar-refractivity contribution in [3.63, 3.8) is 0 Å². The summed E-state index contributed by atoms with van der Waals surface area (Å²) in [6.45, 7) is 7.51. The van der Waals surface area contributed by atoms with E-state index in [1.807, 2.05) is 0 Å². The number of thioether (sulfide) groups is 1. The predicted molar refractivity (Wildman–Crippen MR) is 165 cm³/mol. The smallest absolute Gasteiger partial charge is 0.372 e. The minimum atomic E-state index is -0.297. The lowest BCUT2D eigenvalue weighted by Crippen LogP contribution is -2.50. The minimum Gasteiger partial charge on any atom is -0.733 e. The van der Waals surface area contributed by atoms with Crippen LogP contribution in [0.3, 0.4) is 0 Å². The molecule has 40 heavy (non-hydrogen) atoms. The van der Waals surface area contributed by atoms with E-state index in [0.29, 0.717) is 11.2 Å². The lowest BCUT2D eigenvalue weighted by Gasteiger charge is -2.58. The molecule has 6 heteroatoms. The van der Waals surface area contributed by atoms with Crippen molar-refractivity contribution in [3.05, 3.63) is 41.1 Å². The lowest BCUT2D eigenvalue weighted by molar-refractivity contribution is -0.0421. The van der Waals surface area contributed by atoms with Crippen LogP contribution in [0.15, 0.2) is 35.9 Å². The molecule has 1 aromatic carbocycles. The third kappa shape index (κ3) is 6.15. The molecule has 7 unspecified atom stereocenters. The van der Waals surface area contributed by atoms with E-state index >= 15 is 0 Å². The molecule has 4 aliphatic rings. The van der Waals surface area contributed by atoms with Crippen molar-refractivity contribution in [1.82, 2.24) is 0 Å². The Bertz CT molecular complexity index is 1040. The molecule has 222 valence electrons. The highest BCUT2D eigenvalue weighted by atomic mass is 32.2. The minimum absolute atomic E-state index is 0.107. The number of carbonyl (C=O) groups is 1. The molecule has 0 aromatic heterocycles. The highest BCUT2D eigenvalue weighted by Gasteiger charge is 2.58. The van der Waals surface area contributed by atoms with E-state index in [1.165, 1.54) is 119 Å². The van der Waals surface area contributed by atoms with Gasteiger partial charge >= 0.3 is 5.30 Å². The van der Waals surface area contributed by atoms with Gasteiger partial charge in [-0.3, -0.25) is 5.21 Å². The fourth-order valence-electron chi connectivity index (χ4n) is 9.38. The molecule has 4 aliphatic carbocycles. The van der Waals surface area contributed by atoms with Gasteiger partial charge in [-0.15, -0.1) is 0 Å². The van der Waals surface area contributed by atoms with Crippen molar-refractivity contribution in [2.24, 2.45) is 34.5 Å². The van der Waals surface area contributed by atoms with Crippen LogP contribution < -0.4 is 9.96 Å². The van der Waals surface area contributed by atoms with Gasteiger partial charge in [0.2, 0.25) is 0 Å². The number of unbranched alkanes of at least 4 members (excludes halogenated alkanes) is 5. The van der Waals surface area contributed by atoms with Gasteiger partial charge in [0.1, 0.15) is 5.75 Å². The van der Waals surface area contributed by atoms with Gasteiger partial charge in [-0.05, 0) is 128 Å². The molecule has 0 spiro atoms. The zero-order valence-corrected chi connectivity index (χ0v) is 25.7. The third-order valence-corrected chi connectivity index (χ3v) is 12.7. The second kappa shape index (κ2) is 12.8. The summed E-state index contributed by atoms with van der Waals surface area (Å²) in [5.41, 5.74) is 2.53. The number of carbonyl (C=O) groups excluding carboxylic acids is 1. The van der Waals surface area contributed by atoms with Crippen LogP contribution in [0.1, 0.15) is 117 Å². The van der Waals surface area contributed by atoms with E-state index in [0.717, 1.165) is 36.5 Å². The van der Waals surface area contributed by atoms with Gasteiger partial charge in [-0.1, -0.05) is 70.9 Å². The van der Waals surface area contributed by atoms with Gasteiger partial charge < -0.3 is 15.2 Å². The molecular weight excluding hydrogens is 518 g/mol. The average Bonchev–Trinajstić information content (AvgIpc) is 3.27. The number of nitrogens with zero attached hydrogens (tertiary/aromatic N) is 1. The van der Waals surface area contributed by atoms with Crippen molar-refractivity contribution in [1.29, 1.82) is 0 Å². The quantitative estimate of drug-likeness (QED) is 0.131. The molecule has 1 aromatic rings. The van der Waals surface area contributed by atoms with E-state index in [2.05, 4.69) is 26.8 Å². The largest absolute Gasteiger partial charge is 0.733 e. The summed E-state index contributed by atoms with van der Waals surface area (Å²) in [7, 11) is 0. The Morgan fingerprint density at radius 2 is 1.77 bits per heavy atom. The molecule has 0 bridgehead atoms. The molecule has 5 rings (SSSR count). The molecule has 0 amide bonds. The van der Waals surface area contributed by atoms with Crippen LogP contribution in [0.25, 0.3) is 0 Å². The van der Waals surface area contributed by atoms with E-state index in [4.69, 9.17) is 9.94 Å². The zero-order chi connectivity index (χ0) is 28.3. The Kier molecular flexibility index (Phi) is 9.58. The van der Waals surface area contributed by atoms with Crippen LogP contribution in [0.2, 0.25) is 0 Å². The van der Waals surface area contributed by atoms with Gasteiger partial charge in [0, 0.05) is 5.25 Å². The molecule has 0 heterocycles. The van der Waals surface area contributed by atoms with Crippen LogP contribution in [-0.4, -0.2) is 15.8 Å². The lowest BCUT2D eigenvalue weighted by atomic mass is 9.47. The maximum atomic E-state index is 12.7. The summed E-state index contributed by atoms with van der Waals surface area (Å²) in [6.07, 6.45) is 22.6. The highest BCUT2D eigenvalue weighted by molar-refractivity contribution is 8.13. The maximum Gasteiger partial charge on any atom is 0.372 e. The fraction of sp³-hybridized carbons (Fsp3) is 0.735. The van der Waals surface area contributed by atoms with E-state index < -0.39 is 0 Å². The average molecular weight is 569 g/mol. The van der Waals surface area contributed by atoms with Gasteiger partial charge in [-0.25, -0.2) is 4.79 Å². The van der Waals surface area contributed by atoms with Crippen molar-refractivity contribution >= 4 is 22.8 Å². The van der Waals surface area contributed by atoms with Crippen LogP contribution in [0, 0.1) is 39.7 Å². The van der Waals surface area contributed by atoms with E-state index in [9.17, 15) is 10.0 Å². The molecule has 3 fully saturated rings. The van der Waals surface area contributed by atoms with Crippen LogP contribution in [-0.2, 0) is 0 Å². The van der Waals surface area contributed by atoms with Crippen LogP contribution >= 0.6 is 11.8 Å². The summed E-state index contributed by atoms with van der Waals surface area (Å²) in [5.74, 6) is 3.84. The van der Waals surface area contributed by atoms with Crippen LogP contribution in [0.5, 0.6) is 5.75 Å². The Morgan fingerprint density at radius 1 is 1.02 bits per heavy atom. The van der Waals surface area contributed by atoms with Gasteiger partial charge in [0.25, 0.3) is 0 Å². The monoisotopic (exact) mass is 568 g/mol. The van der Waals surface area contributed by atoms with Crippen LogP contribution in [0.4, 0.5) is 10.5 Å². The number of fused-ring (bicyclic) bond motifs is 5. The van der Waals surface area contributed by atoms with Gasteiger partial charge in [0.15, 0.2) is 0 Å². The van der Waals surface area contributed by atoms with Crippen molar-refractivity contribution in [2.75, 3.05) is 5.23 Å². The molecule has 1 N–H and O–H groups in total. The van der Waals surface area contributed by atoms with Crippen molar-refractivity contribution < 1.29 is 14.7 Å². The Balaban J connectivity index is 1.16. The summed E-state index contributed by atoms with van der Waals surface area (Å²) in [6, 6.07) is 5.95. The normalized spacial score (nSPS) is 34.8. The SMILES string of the molecule is CCCCCCCCC1CCC2C3CC=C4CC(SC(=O)Oc5ccc(N([O-])O)cc5)CCC4(C)C3CCC12C. The topological polar surface area (TPSA) is 72.8 Å².